The van der Waals surface area contributed by atoms with Gasteiger partial charge in [-0.3, -0.25) is 14.5 Å². The maximum Gasteiger partial charge on any atom is 0.416 e. The second-order valence-electron chi connectivity index (χ2n) is 11.0. The number of nitrogens with zero attached hydrogens (tertiary/aromatic N) is 2. The molecule has 2 amide bonds. The summed E-state index contributed by atoms with van der Waals surface area (Å²) < 4.78 is 57.8. The third-order valence-corrected chi connectivity index (χ3v) is 6.79. The molecule has 3 rings (SSSR count). The van der Waals surface area contributed by atoms with Crippen molar-refractivity contribution >= 4 is 17.8 Å². The first-order valence-corrected chi connectivity index (χ1v) is 12.8. The molecule has 2 aliphatic heterocycles. The predicted octanol–water partition coefficient (Wildman–Crippen LogP) is 5.70. The minimum absolute atomic E-state index is 0.0105. The summed E-state index contributed by atoms with van der Waals surface area (Å²) in [6, 6.07) is 2.40. The number of carbonyl (C=O) groups is 3. The molecule has 0 N–H and O–H groups in total. The molecule has 0 bridgehead atoms. The van der Waals surface area contributed by atoms with Crippen molar-refractivity contribution in [2.45, 2.75) is 90.2 Å². The molecule has 0 saturated carbocycles. The monoisotopic (exact) mass is 528 g/mol. The Labute approximate surface area is 215 Å². The summed E-state index contributed by atoms with van der Waals surface area (Å²) in [7, 11) is 0. The fourth-order valence-electron chi connectivity index (χ4n) is 5.02. The van der Waals surface area contributed by atoms with Gasteiger partial charge < -0.3 is 9.64 Å². The maximum atomic E-state index is 13.3. The van der Waals surface area contributed by atoms with Crippen LogP contribution in [0.3, 0.4) is 0 Å². The van der Waals surface area contributed by atoms with Gasteiger partial charge in [0, 0.05) is 32.5 Å². The molecule has 0 aliphatic carbocycles. The van der Waals surface area contributed by atoms with Crippen molar-refractivity contribution in [1.82, 2.24) is 9.80 Å². The molecule has 0 spiro atoms. The van der Waals surface area contributed by atoms with Crippen LogP contribution in [-0.2, 0) is 33.6 Å². The Bertz CT molecular complexity index is 982. The molecule has 10 heteroatoms. The Balaban J connectivity index is 1.54. The molecule has 206 valence electrons. The van der Waals surface area contributed by atoms with Crippen molar-refractivity contribution in [1.29, 1.82) is 0 Å². The van der Waals surface area contributed by atoms with Gasteiger partial charge in [-0.05, 0) is 82.1 Å². The number of Topliss-reactive ketones (excluding diaryl/α,β-unsaturated/α-hetero) is 1. The van der Waals surface area contributed by atoms with Crippen LogP contribution < -0.4 is 0 Å². The third kappa shape index (κ3) is 8.17. The highest BCUT2D eigenvalue weighted by atomic mass is 19.4. The van der Waals surface area contributed by atoms with Gasteiger partial charge in [0.1, 0.15) is 24.1 Å². The molecular weight excluding hydrogens is 492 g/mol. The number of hydrogen-bond donors (Lipinski definition) is 0. The van der Waals surface area contributed by atoms with E-state index in [9.17, 15) is 31.9 Å². The van der Waals surface area contributed by atoms with Crippen molar-refractivity contribution in [2.75, 3.05) is 19.6 Å². The zero-order valence-corrected chi connectivity index (χ0v) is 21.7. The Hall–Kier alpha value is -2.65. The summed E-state index contributed by atoms with van der Waals surface area (Å²) in [5.41, 5.74) is -1.57. The summed E-state index contributed by atoms with van der Waals surface area (Å²) in [5.74, 6) is -0.313. The molecule has 1 atom stereocenters. The van der Waals surface area contributed by atoms with E-state index in [1.165, 1.54) is 11.0 Å². The Morgan fingerprint density at radius 3 is 2.19 bits per heavy atom. The number of rotatable bonds is 6. The number of likely N-dealkylation sites (tertiary alicyclic amines) is 2. The number of amides is 2. The lowest BCUT2D eigenvalue weighted by Crippen LogP contribution is -2.55. The van der Waals surface area contributed by atoms with E-state index in [0.717, 1.165) is 25.0 Å². The molecule has 2 fully saturated rings. The summed E-state index contributed by atoms with van der Waals surface area (Å²) in [4.78, 5) is 41.8. The van der Waals surface area contributed by atoms with Gasteiger partial charge in [0.25, 0.3) is 0 Å². The van der Waals surface area contributed by atoms with Gasteiger partial charge in [0.2, 0.25) is 5.91 Å². The van der Waals surface area contributed by atoms with Crippen molar-refractivity contribution in [3.63, 3.8) is 0 Å². The number of piperidine rings is 2. The van der Waals surface area contributed by atoms with Crippen LogP contribution in [0.4, 0.5) is 22.4 Å². The van der Waals surface area contributed by atoms with Gasteiger partial charge in [-0.1, -0.05) is 6.07 Å². The second-order valence-corrected chi connectivity index (χ2v) is 11.0. The van der Waals surface area contributed by atoms with Crippen molar-refractivity contribution in [3.8, 4) is 0 Å². The normalized spacial score (nSPS) is 19.6. The van der Waals surface area contributed by atoms with Crippen molar-refractivity contribution in [3.05, 3.63) is 34.9 Å². The average Bonchev–Trinajstić information content (AvgIpc) is 2.82. The third-order valence-electron chi connectivity index (χ3n) is 6.79. The molecule has 2 heterocycles. The minimum Gasteiger partial charge on any atom is -0.444 e. The molecule has 2 aliphatic rings. The number of benzene rings is 1. The zero-order chi connectivity index (χ0) is 27.4. The van der Waals surface area contributed by atoms with Crippen molar-refractivity contribution < 1.29 is 36.7 Å². The van der Waals surface area contributed by atoms with E-state index < -0.39 is 36.2 Å². The average molecular weight is 529 g/mol. The van der Waals surface area contributed by atoms with Crippen LogP contribution in [0.15, 0.2) is 18.2 Å². The van der Waals surface area contributed by atoms with E-state index >= 15 is 0 Å². The molecule has 1 aromatic carbocycles. The first-order chi connectivity index (χ1) is 17.3. The van der Waals surface area contributed by atoms with Crippen LogP contribution in [0.5, 0.6) is 0 Å². The summed E-state index contributed by atoms with van der Waals surface area (Å²) in [6.45, 7) is 5.68. The highest BCUT2D eigenvalue weighted by Gasteiger charge is 2.38. The number of carbonyl (C=O) groups excluding carboxylic acids is 3. The van der Waals surface area contributed by atoms with E-state index in [-0.39, 0.29) is 41.6 Å². The molecule has 2 saturated heterocycles. The van der Waals surface area contributed by atoms with E-state index in [4.69, 9.17) is 4.74 Å². The van der Waals surface area contributed by atoms with Crippen LogP contribution in [-0.4, -0.2) is 58.9 Å². The molecule has 6 nitrogen and oxygen atoms in total. The van der Waals surface area contributed by atoms with Gasteiger partial charge in [-0.25, -0.2) is 9.18 Å². The smallest absolute Gasteiger partial charge is 0.416 e. The first kappa shape index (κ1) is 28.9. The Morgan fingerprint density at radius 2 is 1.59 bits per heavy atom. The predicted molar refractivity (Wildman–Crippen MR) is 129 cm³/mol. The van der Waals surface area contributed by atoms with Crippen LogP contribution in [0, 0.1) is 5.92 Å². The fraction of sp³-hybridized carbons (Fsp3) is 0.667. The standard InChI is InChI=1S/C27H36F4N2O4/c1-26(2,3)37-25(36)33-9-5-4-6-23(33)24(35)32-10-7-18(8-11-32)15-22(34)16-19-12-20(17-28)14-21(13-19)27(29,30)31/h12-14,18,23H,4-11,15-17H2,1-3H3. The Kier molecular flexibility index (Phi) is 9.23. The SMILES string of the molecule is CC(C)(C)OC(=O)N1CCCCC1C(=O)N1CCC(CC(=O)Cc2cc(CF)cc(C(F)(F)F)c2)CC1. The largest absolute Gasteiger partial charge is 0.444 e. The number of hydrogen-bond acceptors (Lipinski definition) is 4. The lowest BCUT2D eigenvalue weighted by Gasteiger charge is -2.40. The number of alkyl halides is 4. The highest BCUT2D eigenvalue weighted by Crippen LogP contribution is 2.32. The van der Waals surface area contributed by atoms with Gasteiger partial charge in [-0.2, -0.15) is 13.2 Å². The summed E-state index contributed by atoms with van der Waals surface area (Å²) >= 11 is 0. The van der Waals surface area contributed by atoms with Gasteiger partial charge in [0.05, 0.1) is 5.56 Å². The van der Waals surface area contributed by atoms with Crippen molar-refractivity contribution in [2.24, 2.45) is 5.92 Å². The zero-order valence-electron chi connectivity index (χ0n) is 21.7. The second kappa shape index (κ2) is 11.8. The van der Waals surface area contributed by atoms with E-state index in [1.807, 2.05) is 0 Å². The van der Waals surface area contributed by atoms with Crippen LogP contribution in [0.1, 0.15) is 76.0 Å². The molecule has 0 aromatic heterocycles. The van der Waals surface area contributed by atoms with E-state index in [1.54, 1.807) is 25.7 Å². The van der Waals surface area contributed by atoms with Crippen LogP contribution >= 0.6 is 0 Å². The van der Waals surface area contributed by atoms with E-state index in [2.05, 4.69) is 0 Å². The van der Waals surface area contributed by atoms with Gasteiger partial charge >= 0.3 is 12.3 Å². The molecule has 1 aromatic rings. The van der Waals surface area contributed by atoms with Crippen LogP contribution in [0.25, 0.3) is 0 Å². The lowest BCUT2D eigenvalue weighted by molar-refractivity contribution is -0.140. The summed E-state index contributed by atoms with van der Waals surface area (Å²) in [5, 5.41) is 0. The quantitative estimate of drug-likeness (QED) is 0.444. The molecule has 0 radical (unpaired) electrons. The molecule has 37 heavy (non-hydrogen) atoms. The number of ketones is 1. The number of ether oxygens (including phenoxy) is 1. The van der Waals surface area contributed by atoms with Gasteiger partial charge in [-0.15, -0.1) is 0 Å². The lowest BCUT2D eigenvalue weighted by atomic mass is 9.89. The minimum atomic E-state index is -4.61. The first-order valence-electron chi connectivity index (χ1n) is 12.8. The molecular formula is C27H36F4N2O4. The van der Waals surface area contributed by atoms with Gasteiger partial charge in [0.15, 0.2) is 0 Å². The summed E-state index contributed by atoms with van der Waals surface area (Å²) in [6.07, 6.45) is -1.68. The topological polar surface area (TPSA) is 66.9 Å². The van der Waals surface area contributed by atoms with Crippen LogP contribution in [0.2, 0.25) is 0 Å². The fourth-order valence-corrected chi connectivity index (χ4v) is 5.02. The Morgan fingerprint density at radius 1 is 0.946 bits per heavy atom. The number of halogens is 4. The molecule has 1 unspecified atom stereocenters. The van der Waals surface area contributed by atoms with E-state index in [0.29, 0.717) is 38.9 Å². The highest BCUT2D eigenvalue weighted by molar-refractivity contribution is 5.86. The maximum absolute atomic E-state index is 13.3.